The van der Waals surface area contributed by atoms with Crippen molar-refractivity contribution >= 4 is 6.09 Å². The number of carbonyl (C=O) groups is 1. The van der Waals surface area contributed by atoms with Crippen molar-refractivity contribution in [2.24, 2.45) is 0 Å². The van der Waals surface area contributed by atoms with Crippen molar-refractivity contribution in [3.05, 3.63) is 0 Å². The van der Waals surface area contributed by atoms with Gasteiger partial charge >= 0.3 is 6.09 Å². The van der Waals surface area contributed by atoms with Crippen molar-refractivity contribution in [2.75, 3.05) is 26.7 Å². The fourth-order valence-electron chi connectivity index (χ4n) is 3.16. The number of piperidine rings is 1. The van der Waals surface area contributed by atoms with Crippen molar-refractivity contribution in [1.82, 2.24) is 15.1 Å². The summed E-state index contributed by atoms with van der Waals surface area (Å²) in [6.07, 6.45) is 3.24. The van der Waals surface area contributed by atoms with Crippen molar-refractivity contribution < 1.29 is 9.53 Å². The van der Waals surface area contributed by atoms with Crippen molar-refractivity contribution in [3.8, 4) is 0 Å². The number of hydrogen-bond acceptors (Lipinski definition) is 4. The van der Waals surface area contributed by atoms with Crippen LogP contribution in [0.15, 0.2) is 0 Å². The van der Waals surface area contributed by atoms with Crippen LogP contribution in [0, 0.1) is 0 Å². The molecule has 5 heteroatoms. The van der Waals surface area contributed by atoms with Crippen LogP contribution in [0.3, 0.4) is 0 Å². The zero-order chi connectivity index (χ0) is 15.6. The normalized spacial score (nSPS) is 31.5. The van der Waals surface area contributed by atoms with E-state index in [2.05, 4.69) is 24.2 Å². The zero-order valence-corrected chi connectivity index (χ0v) is 14.2. The minimum atomic E-state index is -0.411. The predicted octanol–water partition coefficient (Wildman–Crippen LogP) is 2.07. The first-order chi connectivity index (χ1) is 9.74. The minimum absolute atomic E-state index is 0.177. The Kier molecular flexibility index (Phi) is 5.15. The smallest absolute Gasteiger partial charge is 0.410 e. The summed E-state index contributed by atoms with van der Waals surface area (Å²) in [5, 5.41) is 3.74. The van der Waals surface area contributed by atoms with Gasteiger partial charge in [0.2, 0.25) is 0 Å². The molecule has 21 heavy (non-hydrogen) atoms. The van der Waals surface area contributed by atoms with Gasteiger partial charge in [0.1, 0.15) is 5.60 Å². The molecule has 2 aliphatic rings. The average molecular weight is 297 g/mol. The van der Waals surface area contributed by atoms with Crippen LogP contribution in [0.2, 0.25) is 0 Å². The van der Waals surface area contributed by atoms with E-state index in [9.17, 15) is 4.79 Å². The Morgan fingerprint density at radius 2 is 1.86 bits per heavy atom. The average Bonchev–Trinajstić information content (AvgIpc) is 2.80. The summed E-state index contributed by atoms with van der Waals surface area (Å²) in [6, 6.07) is 1.64. The highest BCUT2D eigenvalue weighted by atomic mass is 16.6. The molecule has 1 N–H and O–H groups in total. The molecular weight excluding hydrogens is 266 g/mol. The van der Waals surface area contributed by atoms with E-state index in [0.29, 0.717) is 18.1 Å². The molecule has 3 atom stereocenters. The van der Waals surface area contributed by atoms with Gasteiger partial charge in [0.05, 0.1) is 0 Å². The standard InChI is InChI=1S/C16H31N3O2/c1-12-10-13(6-8-18(12)5)17-14-7-9-19(11-14)15(20)21-16(2,3)4/h12-14,17H,6-11H2,1-5H3. The number of rotatable bonds is 2. The molecule has 2 heterocycles. The van der Waals surface area contributed by atoms with Crippen LogP contribution in [0.5, 0.6) is 0 Å². The lowest BCUT2D eigenvalue weighted by Gasteiger charge is -2.36. The van der Waals surface area contributed by atoms with Crippen LogP contribution in [-0.2, 0) is 4.74 Å². The molecule has 2 fully saturated rings. The largest absolute Gasteiger partial charge is 0.444 e. The number of nitrogens with one attached hydrogen (secondary N) is 1. The summed E-state index contributed by atoms with van der Waals surface area (Å²) < 4.78 is 5.44. The maximum Gasteiger partial charge on any atom is 0.410 e. The van der Waals surface area contributed by atoms with Crippen LogP contribution in [-0.4, -0.2) is 66.3 Å². The van der Waals surface area contributed by atoms with E-state index in [1.165, 1.54) is 12.8 Å². The molecule has 0 spiro atoms. The number of ether oxygens (including phenoxy) is 1. The van der Waals surface area contributed by atoms with E-state index in [4.69, 9.17) is 4.74 Å². The van der Waals surface area contributed by atoms with Gasteiger partial charge in [0, 0.05) is 31.2 Å². The summed E-state index contributed by atoms with van der Waals surface area (Å²) in [5.74, 6) is 0. The molecule has 0 radical (unpaired) electrons. The molecule has 0 saturated carbocycles. The molecule has 0 aromatic heterocycles. The van der Waals surface area contributed by atoms with Crippen molar-refractivity contribution in [3.63, 3.8) is 0 Å². The van der Waals surface area contributed by atoms with Gasteiger partial charge in [-0.2, -0.15) is 0 Å². The maximum absolute atomic E-state index is 12.1. The van der Waals surface area contributed by atoms with Gasteiger partial charge in [-0.1, -0.05) is 0 Å². The Balaban J connectivity index is 1.76. The number of amides is 1. The van der Waals surface area contributed by atoms with E-state index in [0.717, 1.165) is 26.1 Å². The Bertz CT molecular complexity index is 367. The molecular formula is C16H31N3O2. The summed E-state index contributed by atoms with van der Waals surface area (Å²) in [4.78, 5) is 16.3. The Morgan fingerprint density at radius 1 is 1.19 bits per heavy atom. The van der Waals surface area contributed by atoms with Gasteiger partial charge in [-0.15, -0.1) is 0 Å². The maximum atomic E-state index is 12.1. The topological polar surface area (TPSA) is 44.8 Å². The number of likely N-dealkylation sites (tertiary alicyclic amines) is 2. The van der Waals surface area contributed by atoms with E-state index in [1.807, 2.05) is 25.7 Å². The van der Waals surface area contributed by atoms with Crippen LogP contribution < -0.4 is 5.32 Å². The second kappa shape index (κ2) is 6.53. The number of carbonyl (C=O) groups excluding carboxylic acids is 1. The molecule has 2 aliphatic heterocycles. The third-order valence-corrected chi connectivity index (χ3v) is 4.52. The summed E-state index contributed by atoms with van der Waals surface area (Å²) in [6.45, 7) is 10.8. The fourth-order valence-corrected chi connectivity index (χ4v) is 3.16. The second-order valence-corrected chi connectivity index (χ2v) is 7.63. The monoisotopic (exact) mass is 297 g/mol. The van der Waals surface area contributed by atoms with Gasteiger partial charge in [-0.25, -0.2) is 4.79 Å². The summed E-state index contributed by atoms with van der Waals surface area (Å²) >= 11 is 0. The lowest BCUT2D eigenvalue weighted by atomic mass is 9.98. The highest BCUT2D eigenvalue weighted by molar-refractivity contribution is 5.68. The summed E-state index contributed by atoms with van der Waals surface area (Å²) in [5.41, 5.74) is -0.411. The van der Waals surface area contributed by atoms with E-state index in [1.54, 1.807) is 0 Å². The first kappa shape index (κ1) is 16.6. The minimum Gasteiger partial charge on any atom is -0.444 e. The van der Waals surface area contributed by atoms with E-state index >= 15 is 0 Å². The Hall–Kier alpha value is -0.810. The van der Waals surface area contributed by atoms with Gasteiger partial charge in [0.25, 0.3) is 0 Å². The third kappa shape index (κ3) is 4.85. The third-order valence-electron chi connectivity index (χ3n) is 4.52. The van der Waals surface area contributed by atoms with E-state index < -0.39 is 5.60 Å². The first-order valence-electron chi connectivity index (χ1n) is 8.19. The SMILES string of the molecule is CC1CC(NC2CCN(C(=O)OC(C)(C)C)C2)CCN1C. The van der Waals surface area contributed by atoms with Crippen LogP contribution in [0.4, 0.5) is 4.79 Å². The number of nitrogens with zero attached hydrogens (tertiary/aromatic N) is 2. The molecule has 2 rings (SSSR count). The van der Waals surface area contributed by atoms with Gasteiger partial charge < -0.3 is 19.9 Å². The molecule has 1 amide bonds. The van der Waals surface area contributed by atoms with Crippen LogP contribution in [0.25, 0.3) is 0 Å². The lowest BCUT2D eigenvalue weighted by molar-refractivity contribution is 0.0289. The van der Waals surface area contributed by atoms with Crippen molar-refractivity contribution in [1.29, 1.82) is 0 Å². The summed E-state index contributed by atoms with van der Waals surface area (Å²) in [7, 11) is 2.20. The molecule has 0 aliphatic carbocycles. The first-order valence-corrected chi connectivity index (χ1v) is 8.19. The molecule has 0 aromatic carbocycles. The highest BCUT2D eigenvalue weighted by Crippen LogP contribution is 2.19. The predicted molar refractivity (Wildman–Crippen MR) is 84.5 cm³/mol. The number of hydrogen-bond donors (Lipinski definition) is 1. The molecule has 5 nitrogen and oxygen atoms in total. The molecule has 3 unspecified atom stereocenters. The van der Waals surface area contributed by atoms with Gasteiger partial charge in [0.15, 0.2) is 0 Å². The Morgan fingerprint density at radius 3 is 2.48 bits per heavy atom. The molecule has 122 valence electrons. The van der Waals surface area contributed by atoms with Crippen LogP contribution in [0.1, 0.15) is 47.0 Å². The second-order valence-electron chi connectivity index (χ2n) is 7.63. The lowest BCUT2D eigenvalue weighted by Crippen LogP contribution is -2.49. The quantitative estimate of drug-likeness (QED) is 0.847. The van der Waals surface area contributed by atoms with Crippen molar-refractivity contribution in [2.45, 2.75) is 70.7 Å². The van der Waals surface area contributed by atoms with E-state index in [-0.39, 0.29) is 6.09 Å². The Labute approximate surface area is 129 Å². The highest BCUT2D eigenvalue weighted by Gasteiger charge is 2.32. The van der Waals surface area contributed by atoms with Crippen LogP contribution >= 0.6 is 0 Å². The van der Waals surface area contributed by atoms with Gasteiger partial charge in [-0.05, 0) is 60.5 Å². The molecule has 2 saturated heterocycles. The molecule has 0 bridgehead atoms. The molecule has 0 aromatic rings. The fraction of sp³-hybridized carbons (Fsp3) is 0.938. The zero-order valence-electron chi connectivity index (χ0n) is 14.2. The van der Waals surface area contributed by atoms with Gasteiger partial charge in [-0.3, -0.25) is 0 Å².